The number of halogens is 1. The Morgan fingerprint density at radius 1 is 1.24 bits per heavy atom. The van der Waals surface area contributed by atoms with Crippen LogP contribution in [-0.4, -0.2) is 35.1 Å². The van der Waals surface area contributed by atoms with Crippen molar-refractivity contribution in [3.05, 3.63) is 35.5 Å². The highest BCUT2D eigenvalue weighted by Gasteiger charge is 2.38. The number of rotatable bonds is 2. The summed E-state index contributed by atoms with van der Waals surface area (Å²) in [7, 11) is 2.27. The molecule has 2 atom stereocenters. The maximum absolute atomic E-state index is 6.26. The van der Waals surface area contributed by atoms with Gasteiger partial charge in [0.05, 0.1) is 11.2 Å². The zero-order valence-electron chi connectivity index (χ0n) is 12.2. The third-order valence-corrected chi connectivity index (χ3v) is 5.35. The van der Waals surface area contributed by atoms with Gasteiger partial charge in [0, 0.05) is 34.7 Å². The van der Waals surface area contributed by atoms with Crippen LogP contribution in [-0.2, 0) is 0 Å². The lowest BCUT2D eigenvalue weighted by Crippen LogP contribution is -2.44. The van der Waals surface area contributed by atoms with Crippen molar-refractivity contribution in [3.63, 3.8) is 0 Å². The van der Waals surface area contributed by atoms with E-state index in [1.165, 1.54) is 25.7 Å². The molecule has 3 heterocycles. The number of aromatic nitrogens is 1. The van der Waals surface area contributed by atoms with E-state index in [4.69, 9.17) is 11.6 Å². The Labute approximate surface area is 130 Å². The fourth-order valence-electron chi connectivity index (χ4n) is 4.02. The lowest BCUT2D eigenvalue weighted by Gasteiger charge is -2.37. The third-order valence-electron chi connectivity index (χ3n) is 5.13. The van der Waals surface area contributed by atoms with Gasteiger partial charge in [-0.1, -0.05) is 17.7 Å². The molecule has 4 heteroatoms. The number of piperidine rings is 1. The Morgan fingerprint density at radius 2 is 2.00 bits per heavy atom. The summed E-state index contributed by atoms with van der Waals surface area (Å²) in [5.41, 5.74) is 2.10. The molecule has 0 amide bonds. The maximum Gasteiger partial charge on any atom is 0.0934 e. The highest BCUT2D eigenvalue weighted by atomic mass is 35.5. The highest BCUT2D eigenvalue weighted by molar-refractivity contribution is 6.31. The van der Waals surface area contributed by atoms with Gasteiger partial charge in [-0.25, -0.2) is 0 Å². The number of pyridine rings is 1. The van der Waals surface area contributed by atoms with Crippen LogP contribution < -0.4 is 5.32 Å². The van der Waals surface area contributed by atoms with Crippen molar-refractivity contribution >= 4 is 28.2 Å². The zero-order chi connectivity index (χ0) is 14.4. The van der Waals surface area contributed by atoms with E-state index in [1.54, 1.807) is 0 Å². The standard InChI is InChI=1S/C17H20ClN3/c1-21-14-4-5-15(21)10-13(9-14)20-16-8-12(18)7-11-3-2-6-19-17(11)16/h2-3,6-8,13-15,20H,4-5,9-10H2,1H3. The van der Waals surface area contributed by atoms with Gasteiger partial charge in [0.1, 0.15) is 0 Å². The van der Waals surface area contributed by atoms with Crippen molar-refractivity contribution < 1.29 is 0 Å². The van der Waals surface area contributed by atoms with E-state index in [0.29, 0.717) is 6.04 Å². The van der Waals surface area contributed by atoms with Crippen molar-refractivity contribution in [2.75, 3.05) is 12.4 Å². The second kappa shape index (κ2) is 5.15. The van der Waals surface area contributed by atoms with Gasteiger partial charge in [0.15, 0.2) is 0 Å². The van der Waals surface area contributed by atoms with Crippen molar-refractivity contribution in [3.8, 4) is 0 Å². The van der Waals surface area contributed by atoms with Crippen LogP contribution in [0.5, 0.6) is 0 Å². The van der Waals surface area contributed by atoms with Gasteiger partial charge in [-0.15, -0.1) is 0 Å². The van der Waals surface area contributed by atoms with Gasteiger partial charge in [-0.3, -0.25) is 4.98 Å². The highest BCUT2D eigenvalue weighted by Crippen LogP contribution is 2.36. The number of nitrogens with one attached hydrogen (secondary N) is 1. The first-order chi connectivity index (χ1) is 10.2. The maximum atomic E-state index is 6.26. The van der Waals surface area contributed by atoms with Crippen LogP contribution in [0, 0.1) is 0 Å². The van der Waals surface area contributed by atoms with Crippen LogP contribution >= 0.6 is 11.6 Å². The van der Waals surface area contributed by atoms with Crippen LogP contribution in [0.4, 0.5) is 5.69 Å². The molecule has 21 heavy (non-hydrogen) atoms. The summed E-state index contributed by atoms with van der Waals surface area (Å²) in [4.78, 5) is 7.09. The quantitative estimate of drug-likeness (QED) is 0.911. The molecule has 2 unspecified atom stereocenters. The van der Waals surface area contributed by atoms with Crippen LogP contribution in [0.1, 0.15) is 25.7 Å². The van der Waals surface area contributed by atoms with Gasteiger partial charge < -0.3 is 10.2 Å². The molecule has 110 valence electrons. The number of hydrogen-bond donors (Lipinski definition) is 1. The minimum Gasteiger partial charge on any atom is -0.380 e. The molecule has 2 aliphatic heterocycles. The number of anilines is 1. The Balaban J connectivity index is 1.63. The molecule has 2 fully saturated rings. The van der Waals surface area contributed by atoms with Crippen molar-refractivity contribution in [2.24, 2.45) is 0 Å². The van der Waals surface area contributed by atoms with Crippen LogP contribution in [0.2, 0.25) is 5.02 Å². The molecule has 0 aliphatic carbocycles. The summed E-state index contributed by atoms with van der Waals surface area (Å²) in [6, 6.07) is 10.0. The number of hydrogen-bond acceptors (Lipinski definition) is 3. The molecule has 0 spiro atoms. The number of fused-ring (bicyclic) bond motifs is 3. The van der Waals surface area contributed by atoms with Crippen LogP contribution in [0.3, 0.4) is 0 Å². The summed E-state index contributed by atoms with van der Waals surface area (Å²) in [6.45, 7) is 0. The topological polar surface area (TPSA) is 28.2 Å². The van der Waals surface area contributed by atoms with E-state index >= 15 is 0 Å². The van der Waals surface area contributed by atoms with Crippen LogP contribution in [0.25, 0.3) is 10.9 Å². The zero-order valence-corrected chi connectivity index (χ0v) is 13.0. The Kier molecular flexibility index (Phi) is 3.27. The summed E-state index contributed by atoms with van der Waals surface area (Å²) in [5, 5.41) is 5.58. The number of benzene rings is 1. The van der Waals surface area contributed by atoms with Gasteiger partial charge in [-0.05, 0) is 50.9 Å². The summed E-state index contributed by atoms with van der Waals surface area (Å²) < 4.78 is 0. The average Bonchev–Trinajstić information content (AvgIpc) is 2.70. The van der Waals surface area contributed by atoms with Crippen molar-refractivity contribution in [1.82, 2.24) is 9.88 Å². The van der Waals surface area contributed by atoms with Gasteiger partial charge in [-0.2, -0.15) is 0 Å². The summed E-state index contributed by atoms with van der Waals surface area (Å²) in [5.74, 6) is 0. The lowest BCUT2D eigenvalue weighted by molar-refractivity contribution is 0.169. The van der Waals surface area contributed by atoms with Gasteiger partial charge in [0.2, 0.25) is 0 Å². The monoisotopic (exact) mass is 301 g/mol. The SMILES string of the molecule is CN1C2CCC1CC(Nc1cc(Cl)cc3cccnc13)C2. The molecule has 2 bridgehead atoms. The van der Waals surface area contributed by atoms with E-state index in [2.05, 4.69) is 28.3 Å². The third kappa shape index (κ3) is 2.39. The van der Waals surface area contributed by atoms with E-state index in [9.17, 15) is 0 Å². The first-order valence-electron chi connectivity index (χ1n) is 7.73. The fraction of sp³-hybridized carbons (Fsp3) is 0.471. The normalized spacial score (nSPS) is 29.0. The van der Waals surface area contributed by atoms with Crippen LogP contribution in [0.15, 0.2) is 30.5 Å². The summed E-state index contributed by atoms with van der Waals surface area (Å²) >= 11 is 6.26. The lowest BCUT2D eigenvalue weighted by atomic mass is 9.97. The van der Waals surface area contributed by atoms with E-state index in [1.807, 2.05) is 24.4 Å². The molecule has 0 saturated carbocycles. The fourth-order valence-corrected chi connectivity index (χ4v) is 4.24. The van der Waals surface area contributed by atoms with E-state index in [0.717, 1.165) is 33.7 Å². The molecule has 2 aromatic rings. The molecule has 1 aromatic heterocycles. The molecule has 2 aliphatic rings. The minimum absolute atomic E-state index is 0.530. The minimum atomic E-state index is 0.530. The molecular weight excluding hydrogens is 282 g/mol. The first kappa shape index (κ1) is 13.4. The molecule has 1 N–H and O–H groups in total. The van der Waals surface area contributed by atoms with Gasteiger partial charge >= 0.3 is 0 Å². The average molecular weight is 302 g/mol. The Morgan fingerprint density at radius 3 is 2.76 bits per heavy atom. The summed E-state index contributed by atoms with van der Waals surface area (Å²) in [6.07, 6.45) is 6.96. The Bertz CT molecular complexity index is 658. The molecule has 0 radical (unpaired) electrons. The molecular formula is C17H20ClN3. The molecule has 1 aromatic carbocycles. The molecule has 4 rings (SSSR count). The van der Waals surface area contributed by atoms with E-state index in [-0.39, 0.29) is 0 Å². The predicted molar refractivity (Wildman–Crippen MR) is 88.0 cm³/mol. The second-order valence-electron chi connectivity index (χ2n) is 6.39. The smallest absolute Gasteiger partial charge is 0.0934 e. The molecule has 3 nitrogen and oxygen atoms in total. The molecule has 2 saturated heterocycles. The largest absolute Gasteiger partial charge is 0.380 e. The second-order valence-corrected chi connectivity index (χ2v) is 6.83. The number of nitrogens with zero attached hydrogens (tertiary/aromatic N) is 2. The van der Waals surface area contributed by atoms with Crippen molar-refractivity contribution in [2.45, 2.75) is 43.8 Å². The predicted octanol–water partition coefficient (Wildman–Crippen LogP) is 3.93. The van der Waals surface area contributed by atoms with Gasteiger partial charge in [0.25, 0.3) is 0 Å². The Hall–Kier alpha value is -1.32. The van der Waals surface area contributed by atoms with E-state index < -0.39 is 0 Å². The van der Waals surface area contributed by atoms with Crippen molar-refractivity contribution in [1.29, 1.82) is 0 Å². The first-order valence-corrected chi connectivity index (χ1v) is 8.11.